The molecule has 0 spiro atoms. The number of H-pyrrole nitrogens is 1. The Kier molecular flexibility index (Phi) is 6.83. The fourth-order valence-corrected chi connectivity index (χ4v) is 3.52. The molecule has 0 radical (unpaired) electrons. The molecule has 3 rings (SSSR count). The summed E-state index contributed by atoms with van der Waals surface area (Å²) in [6.07, 6.45) is 1.65. The molecule has 0 saturated heterocycles. The smallest absolute Gasteiger partial charge is 0.328 e. The Balaban J connectivity index is 1.89. The number of aromatic nitrogens is 2. The normalized spacial score (nSPS) is 16.3. The van der Waals surface area contributed by atoms with Gasteiger partial charge in [-0.05, 0) is 24.6 Å². The highest BCUT2D eigenvalue weighted by Crippen LogP contribution is 2.35. The van der Waals surface area contributed by atoms with Gasteiger partial charge in [0.1, 0.15) is 23.7 Å². The molecule has 1 aliphatic heterocycles. The fraction of sp³-hybridized carbons (Fsp3) is 0.400. The first kappa shape index (κ1) is 22.2. The molecule has 0 bridgehead atoms. The van der Waals surface area contributed by atoms with Gasteiger partial charge in [0, 0.05) is 30.6 Å². The number of halogens is 2. The van der Waals surface area contributed by atoms with Crippen LogP contribution in [0.5, 0.6) is 0 Å². The van der Waals surface area contributed by atoms with E-state index in [-0.39, 0.29) is 24.9 Å². The van der Waals surface area contributed by atoms with Gasteiger partial charge in [0.25, 0.3) is 0 Å². The lowest BCUT2D eigenvalue weighted by Gasteiger charge is -2.36. The van der Waals surface area contributed by atoms with E-state index in [0.29, 0.717) is 17.8 Å². The van der Waals surface area contributed by atoms with Gasteiger partial charge in [0.05, 0.1) is 26.2 Å². The first-order valence-electron chi connectivity index (χ1n) is 9.54. The molecule has 1 aromatic heterocycles. The van der Waals surface area contributed by atoms with Crippen LogP contribution in [-0.4, -0.2) is 59.6 Å². The number of urea groups is 1. The minimum atomic E-state index is -1.13. The molecule has 9 nitrogen and oxygen atoms in total. The number of imidazole rings is 1. The number of amides is 2. The highest BCUT2D eigenvalue weighted by atomic mass is 19.1. The van der Waals surface area contributed by atoms with Gasteiger partial charge >= 0.3 is 18.0 Å². The Morgan fingerprint density at radius 2 is 2.06 bits per heavy atom. The van der Waals surface area contributed by atoms with Gasteiger partial charge < -0.3 is 24.7 Å². The molecule has 2 atom stereocenters. The highest BCUT2D eigenvalue weighted by Gasteiger charge is 2.37. The summed E-state index contributed by atoms with van der Waals surface area (Å²) in [5.74, 6) is -2.66. The molecule has 1 aromatic carbocycles. The molecule has 2 N–H and O–H groups in total. The van der Waals surface area contributed by atoms with E-state index >= 15 is 0 Å². The minimum absolute atomic E-state index is 0.0500. The maximum atomic E-state index is 14.6. The zero-order valence-electron chi connectivity index (χ0n) is 17.0. The van der Waals surface area contributed by atoms with Crippen LogP contribution in [0.3, 0.4) is 0 Å². The second kappa shape index (κ2) is 9.54. The molecular formula is C20H22F2N4O5. The molecule has 166 valence electrons. The van der Waals surface area contributed by atoms with E-state index < -0.39 is 41.7 Å². The molecule has 11 heteroatoms. The van der Waals surface area contributed by atoms with Crippen molar-refractivity contribution in [3.8, 4) is 0 Å². The average Bonchev–Trinajstić information content (AvgIpc) is 3.25. The number of ether oxygens (including phenoxy) is 2. The van der Waals surface area contributed by atoms with Crippen LogP contribution in [-0.2, 0) is 25.5 Å². The molecule has 2 heterocycles. The van der Waals surface area contributed by atoms with Crippen molar-refractivity contribution in [2.45, 2.75) is 31.3 Å². The zero-order chi connectivity index (χ0) is 22.5. The van der Waals surface area contributed by atoms with Crippen molar-refractivity contribution in [1.82, 2.24) is 20.2 Å². The van der Waals surface area contributed by atoms with Crippen LogP contribution in [0.25, 0.3) is 0 Å². The Morgan fingerprint density at radius 3 is 2.77 bits per heavy atom. The Morgan fingerprint density at radius 1 is 1.29 bits per heavy atom. The molecule has 0 fully saturated rings. The predicted molar refractivity (Wildman–Crippen MR) is 103 cm³/mol. The van der Waals surface area contributed by atoms with Crippen molar-refractivity contribution in [2.24, 2.45) is 0 Å². The summed E-state index contributed by atoms with van der Waals surface area (Å²) in [5, 5.41) is 2.52. The van der Waals surface area contributed by atoms with Gasteiger partial charge in [-0.25, -0.2) is 23.4 Å². The van der Waals surface area contributed by atoms with Crippen molar-refractivity contribution in [2.75, 3.05) is 20.8 Å². The summed E-state index contributed by atoms with van der Waals surface area (Å²) in [6.45, 7) is 0.159. The number of carbonyl (C=O) groups excluding carboxylic acids is 3. The predicted octanol–water partition coefficient (Wildman–Crippen LogP) is 1.84. The number of nitrogens with zero attached hydrogens (tertiary/aromatic N) is 2. The first-order valence-corrected chi connectivity index (χ1v) is 9.54. The Labute approximate surface area is 176 Å². The van der Waals surface area contributed by atoms with Gasteiger partial charge in [-0.2, -0.15) is 0 Å². The van der Waals surface area contributed by atoms with Crippen molar-refractivity contribution in [3.05, 3.63) is 53.1 Å². The van der Waals surface area contributed by atoms with Gasteiger partial charge in [0.2, 0.25) is 0 Å². The van der Waals surface area contributed by atoms with E-state index in [1.165, 1.54) is 18.3 Å². The van der Waals surface area contributed by atoms with Gasteiger partial charge in [-0.15, -0.1) is 0 Å². The zero-order valence-corrected chi connectivity index (χ0v) is 17.0. The van der Waals surface area contributed by atoms with Crippen molar-refractivity contribution in [3.63, 3.8) is 0 Å². The maximum absolute atomic E-state index is 14.6. The van der Waals surface area contributed by atoms with Crippen LogP contribution >= 0.6 is 0 Å². The third-order valence-electron chi connectivity index (χ3n) is 5.09. The number of hydrogen-bond donors (Lipinski definition) is 2. The number of aromatic amines is 1. The lowest BCUT2D eigenvalue weighted by molar-refractivity contribution is -0.144. The molecular weight excluding hydrogens is 414 g/mol. The number of carbonyl (C=O) groups is 3. The van der Waals surface area contributed by atoms with Crippen LogP contribution in [0.2, 0.25) is 0 Å². The lowest BCUT2D eigenvalue weighted by atomic mass is 9.95. The number of esters is 2. The van der Waals surface area contributed by atoms with Crippen LogP contribution in [0.1, 0.15) is 35.8 Å². The molecule has 31 heavy (non-hydrogen) atoms. The van der Waals surface area contributed by atoms with E-state index in [4.69, 9.17) is 4.74 Å². The molecule has 0 aliphatic carbocycles. The van der Waals surface area contributed by atoms with Crippen LogP contribution in [0, 0.1) is 11.6 Å². The summed E-state index contributed by atoms with van der Waals surface area (Å²) in [7, 11) is 2.36. The first-order chi connectivity index (χ1) is 14.8. The van der Waals surface area contributed by atoms with E-state index in [2.05, 4.69) is 20.0 Å². The standard InChI is InChI=1S/C20H22F2N4O5/c1-30-16(27)6-5-15(19(28)31-2)25-20(29)26-8-7-14-17(24-10-23-14)18(26)12-9-11(21)3-4-13(12)22/h3-4,9-10,15,18H,5-8H2,1-2H3,(H,23,24)(H,25,29)/t15-,18+/m0/s1. The van der Waals surface area contributed by atoms with Crippen molar-refractivity contribution in [1.29, 1.82) is 0 Å². The van der Waals surface area contributed by atoms with Gasteiger partial charge in [-0.1, -0.05) is 0 Å². The van der Waals surface area contributed by atoms with Gasteiger partial charge in [-0.3, -0.25) is 4.79 Å². The second-order valence-corrected chi connectivity index (χ2v) is 6.92. The molecule has 0 saturated carbocycles. The largest absolute Gasteiger partial charge is 0.469 e. The number of methoxy groups -OCH3 is 2. The second-order valence-electron chi connectivity index (χ2n) is 6.92. The number of nitrogens with one attached hydrogen (secondary N) is 2. The third-order valence-corrected chi connectivity index (χ3v) is 5.09. The maximum Gasteiger partial charge on any atom is 0.328 e. The SMILES string of the molecule is COC(=O)CC[C@H](NC(=O)N1CCc2[nH]cnc2[C@H]1c1cc(F)ccc1F)C(=O)OC. The highest BCUT2D eigenvalue weighted by molar-refractivity contribution is 5.84. The number of rotatable bonds is 6. The summed E-state index contributed by atoms with van der Waals surface area (Å²) in [5.41, 5.74) is 1.02. The summed E-state index contributed by atoms with van der Waals surface area (Å²) < 4.78 is 37.7. The lowest BCUT2D eigenvalue weighted by Crippen LogP contribution is -2.51. The van der Waals surface area contributed by atoms with Crippen LogP contribution in [0.4, 0.5) is 13.6 Å². The van der Waals surface area contributed by atoms with E-state index in [1.807, 2.05) is 0 Å². The van der Waals surface area contributed by atoms with Crippen LogP contribution < -0.4 is 5.32 Å². The molecule has 2 aromatic rings. The third kappa shape index (κ3) is 4.81. The average molecular weight is 436 g/mol. The van der Waals surface area contributed by atoms with Crippen LogP contribution in [0.15, 0.2) is 24.5 Å². The molecule has 1 aliphatic rings. The summed E-state index contributed by atoms with van der Waals surface area (Å²) in [6, 6.07) is 0.133. The van der Waals surface area contributed by atoms with E-state index in [1.54, 1.807) is 0 Å². The topological polar surface area (TPSA) is 114 Å². The number of benzene rings is 1. The molecule has 2 amide bonds. The number of hydrogen-bond acceptors (Lipinski definition) is 6. The summed E-state index contributed by atoms with van der Waals surface area (Å²) in [4.78, 5) is 45.1. The van der Waals surface area contributed by atoms with Crippen molar-refractivity contribution >= 4 is 18.0 Å². The monoisotopic (exact) mass is 436 g/mol. The Bertz CT molecular complexity index is 980. The minimum Gasteiger partial charge on any atom is -0.469 e. The van der Waals surface area contributed by atoms with Gasteiger partial charge in [0.15, 0.2) is 0 Å². The molecule has 0 unspecified atom stereocenters. The van der Waals surface area contributed by atoms with Crippen molar-refractivity contribution < 1.29 is 32.6 Å². The summed E-state index contributed by atoms with van der Waals surface area (Å²) >= 11 is 0. The van der Waals surface area contributed by atoms with E-state index in [9.17, 15) is 23.2 Å². The number of fused-ring (bicyclic) bond motifs is 1. The quantitative estimate of drug-likeness (QED) is 0.668. The Hall–Kier alpha value is -3.50. The van der Waals surface area contributed by atoms with E-state index in [0.717, 1.165) is 25.3 Å². The fourth-order valence-electron chi connectivity index (χ4n) is 3.52.